The Morgan fingerprint density at radius 3 is 1.93 bits per heavy atom. The van der Waals surface area contributed by atoms with Crippen LogP contribution in [0.15, 0.2) is 72.8 Å². The van der Waals surface area contributed by atoms with Crippen molar-refractivity contribution in [1.82, 2.24) is 10.2 Å². The Balaban J connectivity index is 1.41. The molecule has 0 bridgehead atoms. The lowest BCUT2D eigenvalue weighted by Crippen LogP contribution is -2.40. The van der Waals surface area contributed by atoms with E-state index in [-0.39, 0.29) is 31.1 Å². The van der Waals surface area contributed by atoms with Crippen LogP contribution in [0, 0.1) is 0 Å². The first kappa shape index (κ1) is 45.1. The molecule has 8 nitrogen and oxygen atoms in total. The molecule has 0 radical (unpaired) electrons. The predicted molar refractivity (Wildman–Crippen MR) is 226 cm³/mol. The van der Waals surface area contributed by atoms with E-state index in [9.17, 15) is 14.7 Å². The summed E-state index contributed by atoms with van der Waals surface area (Å²) in [7, 11) is 0. The van der Waals surface area contributed by atoms with Crippen molar-refractivity contribution < 1.29 is 29.3 Å². The monoisotopic (exact) mass is 771 g/mol. The second-order valence-corrected chi connectivity index (χ2v) is 15.7. The largest absolute Gasteiger partial charge is 0.481 e. The number of rotatable bonds is 28. The molecule has 3 N–H and O–H groups in total. The number of aliphatic hydroxyl groups is 1. The summed E-state index contributed by atoms with van der Waals surface area (Å²) in [6.45, 7) is 8.12. The maximum atomic E-state index is 12.4. The standard InChI is InChI=1S/C48H70N2O6/c1-3-5-7-9-11-16-31-50(32-17-12-10-8-6-4-2)36-44-34-45(41-25-23-38(37-51)24-26-41)56-48(55-44)42-29-27-40(28-30-42)43-20-18-19-39(33-43)35-49-46(52)21-14-13-15-22-47(53)54/h18-20,23-30,33,44-45,48,51H,3-17,21-22,31-32,34-37H2,1-2H3,(H,49,52)(H,53,54)/t44-,45+,48+/m0/s1. The molecule has 0 aromatic heterocycles. The third kappa shape index (κ3) is 16.9. The van der Waals surface area contributed by atoms with Crippen molar-refractivity contribution >= 4 is 11.9 Å². The molecule has 0 spiro atoms. The van der Waals surface area contributed by atoms with Crippen molar-refractivity contribution in [3.63, 3.8) is 0 Å². The molecule has 1 heterocycles. The van der Waals surface area contributed by atoms with Gasteiger partial charge in [0.05, 0.1) is 18.8 Å². The van der Waals surface area contributed by atoms with Crippen LogP contribution in [0.2, 0.25) is 0 Å². The third-order valence-corrected chi connectivity index (χ3v) is 11.0. The van der Waals surface area contributed by atoms with Gasteiger partial charge in [0.2, 0.25) is 5.91 Å². The van der Waals surface area contributed by atoms with Crippen LogP contribution in [0.3, 0.4) is 0 Å². The van der Waals surface area contributed by atoms with E-state index >= 15 is 0 Å². The van der Waals surface area contributed by atoms with Crippen LogP contribution in [0.1, 0.15) is 164 Å². The Bertz CT molecular complexity index is 1510. The van der Waals surface area contributed by atoms with Gasteiger partial charge in [0.15, 0.2) is 6.29 Å². The minimum absolute atomic E-state index is 0.0172. The van der Waals surface area contributed by atoms with Crippen molar-refractivity contribution in [2.24, 2.45) is 0 Å². The number of benzene rings is 3. The Morgan fingerprint density at radius 1 is 0.679 bits per heavy atom. The minimum Gasteiger partial charge on any atom is -0.481 e. The number of carbonyl (C=O) groups is 2. The van der Waals surface area contributed by atoms with Crippen molar-refractivity contribution in [2.75, 3.05) is 19.6 Å². The lowest BCUT2D eigenvalue weighted by molar-refractivity contribution is -0.253. The molecule has 3 aromatic carbocycles. The molecule has 8 heteroatoms. The molecular formula is C48H70N2O6. The molecule has 1 aliphatic heterocycles. The van der Waals surface area contributed by atoms with E-state index in [1.54, 1.807) is 0 Å². The summed E-state index contributed by atoms with van der Waals surface area (Å²) in [5.74, 6) is -0.810. The average molecular weight is 771 g/mol. The molecule has 0 saturated carbocycles. The van der Waals surface area contributed by atoms with E-state index in [0.717, 1.165) is 65.9 Å². The summed E-state index contributed by atoms with van der Waals surface area (Å²) in [6.07, 6.45) is 18.3. The number of hydrogen-bond acceptors (Lipinski definition) is 6. The zero-order valence-corrected chi connectivity index (χ0v) is 34.4. The van der Waals surface area contributed by atoms with Crippen LogP contribution in [-0.2, 0) is 32.2 Å². The van der Waals surface area contributed by atoms with Crippen molar-refractivity contribution in [3.05, 3.63) is 95.1 Å². The summed E-state index contributed by atoms with van der Waals surface area (Å²) in [5.41, 5.74) is 6.16. The summed E-state index contributed by atoms with van der Waals surface area (Å²) in [4.78, 5) is 25.8. The number of unbranched alkanes of at least 4 members (excludes halogenated alkanes) is 12. The number of carboxylic acid groups (broad SMARTS) is 1. The fraction of sp³-hybridized carbons (Fsp3) is 0.583. The molecule has 1 saturated heterocycles. The van der Waals surface area contributed by atoms with Gasteiger partial charge in [-0.15, -0.1) is 0 Å². The summed E-state index contributed by atoms with van der Waals surface area (Å²) in [6, 6.07) is 24.8. The van der Waals surface area contributed by atoms with Gasteiger partial charge in [0, 0.05) is 37.9 Å². The fourth-order valence-electron chi connectivity index (χ4n) is 7.57. The highest BCUT2D eigenvalue weighted by Gasteiger charge is 2.33. The third-order valence-electron chi connectivity index (χ3n) is 11.0. The van der Waals surface area contributed by atoms with Crippen LogP contribution in [0.5, 0.6) is 0 Å². The van der Waals surface area contributed by atoms with E-state index in [1.165, 1.54) is 77.0 Å². The van der Waals surface area contributed by atoms with Gasteiger partial charge in [-0.2, -0.15) is 0 Å². The molecule has 1 aliphatic rings. The summed E-state index contributed by atoms with van der Waals surface area (Å²) < 4.78 is 13.5. The Morgan fingerprint density at radius 2 is 1.29 bits per heavy atom. The fourth-order valence-corrected chi connectivity index (χ4v) is 7.57. The zero-order chi connectivity index (χ0) is 39.8. The topological polar surface area (TPSA) is 108 Å². The molecule has 3 atom stereocenters. The predicted octanol–water partition coefficient (Wildman–Crippen LogP) is 11.1. The van der Waals surface area contributed by atoms with Gasteiger partial charge in [0.25, 0.3) is 0 Å². The average Bonchev–Trinajstić information content (AvgIpc) is 3.22. The lowest BCUT2D eigenvalue weighted by Gasteiger charge is -2.38. The second-order valence-electron chi connectivity index (χ2n) is 15.7. The quantitative estimate of drug-likeness (QED) is 0.0631. The SMILES string of the molecule is CCCCCCCCN(CCCCCCCC)C[C@@H]1C[C@H](c2ccc(CO)cc2)O[C@H](c2ccc(-c3cccc(CNC(=O)CCCCCC(=O)O)c3)cc2)O1. The molecule has 1 amide bonds. The Kier molecular flexibility index (Phi) is 21.3. The highest BCUT2D eigenvalue weighted by molar-refractivity contribution is 5.76. The Labute approximate surface area is 337 Å². The van der Waals surface area contributed by atoms with Crippen molar-refractivity contribution in [1.29, 1.82) is 0 Å². The number of aliphatic carboxylic acids is 1. The first-order valence-corrected chi connectivity index (χ1v) is 21.8. The van der Waals surface area contributed by atoms with Crippen LogP contribution in [0.25, 0.3) is 11.1 Å². The highest BCUT2D eigenvalue weighted by atomic mass is 16.7. The normalized spacial score (nSPS) is 17.0. The molecule has 1 fully saturated rings. The van der Waals surface area contributed by atoms with Crippen molar-refractivity contribution in [3.8, 4) is 11.1 Å². The minimum atomic E-state index is -0.793. The molecule has 0 aliphatic carbocycles. The van der Waals surface area contributed by atoms with E-state index in [0.29, 0.717) is 25.8 Å². The number of carbonyl (C=O) groups excluding carboxylic acids is 1. The first-order valence-electron chi connectivity index (χ1n) is 21.8. The van der Waals surface area contributed by atoms with Crippen LogP contribution >= 0.6 is 0 Å². The lowest BCUT2D eigenvalue weighted by atomic mass is 9.98. The van der Waals surface area contributed by atoms with Crippen LogP contribution < -0.4 is 5.32 Å². The van der Waals surface area contributed by atoms with Gasteiger partial charge in [0.1, 0.15) is 0 Å². The van der Waals surface area contributed by atoms with Crippen LogP contribution in [0.4, 0.5) is 0 Å². The number of hydrogen-bond donors (Lipinski definition) is 3. The first-order chi connectivity index (χ1) is 27.4. The molecule has 3 aromatic rings. The van der Waals surface area contributed by atoms with Crippen molar-refractivity contribution in [2.45, 2.75) is 161 Å². The smallest absolute Gasteiger partial charge is 0.303 e. The van der Waals surface area contributed by atoms with E-state index in [4.69, 9.17) is 14.6 Å². The van der Waals surface area contributed by atoms with E-state index in [2.05, 4.69) is 72.6 Å². The molecule has 0 unspecified atom stereocenters. The Hall–Kier alpha value is -3.56. The number of carboxylic acids is 1. The van der Waals surface area contributed by atoms with Crippen LogP contribution in [-0.4, -0.2) is 52.7 Å². The number of aliphatic hydroxyl groups excluding tert-OH is 1. The van der Waals surface area contributed by atoms with Gasteiger partial charge in [-0.3, -0.25) is 9.59 Å². The van der Waals surface area contributed by atoms with Gasteiger partial charge >= 0.3 is 5.97 Å². The maximum Gasteiger partial charge on any atom is 0.303 e. The second kappa shape index (κ2) is 26.4. The molecule has 56 heavy (non-hydrogen) atoms. The summed E-state index contributed by atoms with van der Waals surface area (Å²) in [5, 5.41) is 21.5. The maximum absolute atomic E-state index is 12.4. The van der Waals surface area contributed by atoms with E-state index < -0.39 is 12.3 Å². The van der Waals surface area contributed by atoms with E-state index in [1.807, 2.05) is 24.3 Å². The van der Waals surface area contributed by atoms with Gasteiger partial charge in [-0.25, -0.2) is 0 Å². The summed E-state index contributed by atoms with van der Waals surface area (Å²) >= 11 is 0. The number of ether oxygens (including phenoxy) is 2. The molecule has 4 rings (SSSR count). The molecule has 308 valence electrons. The van der Waals surface area contributed by atoms with Gasteiger partial charge in [-0.1, -0.05) is 151 Å². The number of nitrogens with one attached hydrogen (secondary N) is 1. The molecular weight excluding hydrogens is 701 g/mol. The number of amides is 1. The highest BCUT2D eigenvalue weighted by Crippen LogP contribution is 2.39. The number of nitrogens with zero attached hydrogens (tertiary/aromatic N) is 1. The van der Waals surface area contributed by atoms with Gasteiger partial charge in [-0.05, 0) is 72.7 Å². The van der Waals surface area contributed by atoms with Gasteiger partial charge < -0.3 is 29.9 Å². The zero-order valence-electron chi connectivity index (χ0n) is 34.4.